The summed E-state index contributed by atoms with van der Waals surface area (Å²) in [6.07, 6.45) is 0. The topological polar surface area (TPSA) is 0 Å². The second kappa shape index (κ2) is 3.71. The van der Waals surface area contributed by atoms with Crippen molar-refractivity contribution >= 4 is 46.0 Å². The highest BCUT2D eigenvalue weighted by atomic mass is 79.9. The minimum Gasteiger partial charge on any atom is -0.0824 e. The number of hydrogen-bond acceptors (Lipinski definition) is 0. The molecule has 0 aliphatic carbocycles. The van der Waals surface area contributed by atoms with E-state index in [1.165, 1.54) is 21.5 Å². The molecule has 86 valence electrons. The lowest BCUT2D eigenvalue weighted by Crippen LogP contribution is -2.49. The molecular weight excluding hydrogens is 312 g/mol. The Kier molecular flexibility index (Phi) is 2.51. The smallest absolute Gasteiger partial charge is 0.0824 e. The minimum atomic E-state index is -1.54. The van der Waals surface area contributed by atoms with Crippen LogP contribution in [0.15, 0.2) is 40.9 Å². The van der Waals surface area contributed by atoms with E-state index in [0.29, 0.717) is 0 Å². The van der Waals surface area contributed by atoms with Crippen LogP contribution in [0.4, 0.5) is 0 Å². The summed E-state index contributed by atoms with van der Waals surface area (Å²) in [6.45, 7) is 4.78. The molecule has 0 atom stereocenters. The van der Waals surface area contributed by atoms with E-state index >= 15 is 0 Å². The van der Waals surface area contributed by atoms with E-state index in [-0.39, 0.29) is 0 Å². The van der Waals surface area contributed by atoms with Crippen LogP contribution in [-0.4, -0.2) is 8.07 Å². The molecule has 0 saturated carbocycles. The van der Waals surface area contributed by atoms with Crippen LogP contribution in [0, 0.1) is 0 Å². The molecule has 0 amide bonds. The molecule has 0 nitrogen and oxygen atoms in total. The lowest BCUT2D eigenvalue weighted by molar-refractivity contribution is 1.66. The molecule has 2 aromatic rings. The van der Waals surface area contributed by atoms with Gasteiger partial charge in [-0.1, -0.05) is 55.0 Å². The van der Waals surface area contributed by atoms with Crippen molar-refractivity contribution in [3.05, 3.63) is 45.9 Å². The second-order valence-electron chi connectivity index (χ2n) is 4.95. The predicted molar refractivity (Wildman–Crippen MR) is 81.3 cm³/mol. The zero-order chi connectivity index (χ0) is 12.2. The van der Waals surface area contributed by atoms with E-state index in [9.17, 15) is 0 Å². The van der Waals surface area contributed by atoms with Crippen LogP contribution < -0.4 is 10.4 Å². The summed E-state index contributed by atoms with van der Waals surface area (Å²) in [7, 11) is -1.54. The first-order valence-corrected chi connectivity index (χ1v) is 9.79. The Bertz CT molecular complexity index is 620. The SMILES string of the molecule is C[Si]1(C)c2ccccc2-c2c1ccc(Br)c2Cl. The number of fused-ring (bicyclic) bond motifs is 3. The molecule has 2 aromatic carbocycles. The standard InChI is InChI=1S/C14H12BrClSi/c1-17(2)11-6-4-3-5-9(11)13-12(17)8-7-10(15)14(13)16/h3-8H,1-2H3. The maximum atomic E-state index is 6.47. The molecule has 3 rings (SSSR count). The van der Waals surface area contributed by atoms with Crippen molar-refractivity contribution in [2.24, 2.45) is 0 Å². The van der Waals surface area contributed by atoms with Crippen LogP contribution >= 0.6 is 27.5 Å². The third kappa shape index (κ3) is 1.47. The number of benzene rings is 2. The molecule has 1 aliphatic heterocycles. The van der Waals surface area contributed by atoms with Crippen molar-refractivity contribution in [1.29, 1.82) is 0 Å². The fourth-order valence-corrected chi connectivity index (χ4v) is 6.47. The molecule has 0 unspecified atom stereocenters. The molecule has 1 aliphatic rings. The van der Waals surface area contributed by atoms with Crippen molar-refractivity contribution in [1.82, 2.24) is 0 Å². The monoisotopic (exact) mass is 322 g/mol. The molecular formula is C14H12BrClSi. The van der Waals surface area contributed by atoms with Gasteiger partial charge in [0.15, 0.2) is 0 Å². The highest BCUT2D eigenvalue weighted by Gasteiger charge is 2.38. The van der Waals surface area contributed by atoms with Crippen LogP contribution in [0.1, 0.15) is 0 Å². The van der Waals surface area contributed by atoms with Crippen LogP contribution in [-0.2, 0) is 0 Å². The van der Waals surface area contributed by atoms with Gasteiger partial charge >= 0.3 is 0 Å². The van der Waals surface area contributed by atoms with Crippen LogP contribution in [0.2, 0.25) is 18.1 Å². The lowest BCUT2D eigenvalue weighted by atomic mass is 10.1. The van der Waals surface area contributed by atoms with Gasteiger partial charge in [0.05, 0.1) is 5.02 Å². The first-order chi connectivity index (χ1) is 8.03. The zero-order valence-corrected chi connectivity index (χ0v) is 13.1. The van der Waals surface area contributed by atoms with E-state index in [0.717, 1.165) is 9.50 Å². The van der Waals surface area contributed by atoms with Gasteiger partial charge in [-0.25, -0.2) is 0 Å². The van der Waals surface area contributed by atoms with Crippen LogP contribution in [0.3, 0.4) is 0 Å². The lowest BCUT2D eigenvalue weighted by Gasteiger charge is -2.18. The number of hydrogen-bond donors (Lipinski definition) is 0. The van der Waals surface area contributed by atoms with Gasteiger partial charge in [0.1, 0.15) is 8.07 Å². The summed E-state index contributed by atoms with van der Waals surface area (Å²) in [5.74, 6) is 0. The molecule has 0 spiro atoms. The Morgan fingerprint density at radius 2 is 1.71 bits per heavy atom. The summed E-state index contributed by atoms with van der Waals surface area (Å²) in [4.78, 5) is 0. The first kappa shape index (κ1) is 11.5. The summed E-state index contributed by atoms with van der Waals surface area (Å²) in [5.41, 5.74) is 2.57. The van der Waals surface area contributed by atoms with Crippen molar-refractivity contribution in [2.45, 2.75) is 13.1 Å². The quantitative estimate of drug-likeness (QED) is 0.645. The first-order valence-electron chi connectivity index (χ1n) is 5.62. The van der Waals surface area contributed by atoms with Crippen molar-refractivity contribution < 1.29 is 0 Å². The molecule has 0 bridgehead atoms. The molecule has 0 aromatic heterocycles. The average molecular weight is 324 g/mol. The zero-order valence-electron chi connectivity index (χ0n) is 9.72. The van der Waals surface area contributed by atoms with Gasteiger partial charge in [-0.2, -0.15) is 0 Å². The van der Waals surface area contributed by atoms with Gasteiger partial charge in [-0.15, -0.1) is 0 Å². The van der Waals surface area contributed by atoms with Crippen LogP contribution in [0.25, 0.3) is 11.1 Å². The van der Waals surface area contributed by atoms with Gasteiger partial charge < -0.3 is 0 Å². The summed E-state index contributed by atoms with van der Waals surface area (Å²) in [6, 6.07) is 13.0. The Balaban J connectivity index is 2.46. The molecule has 17 heavy (non-hydrogen) atoms. The van der Waals surface area contributed by atoms with Crippen molar-refractivity contribution in [3.63, 3.8) is 0 Å². The predicted octanol–water partition coefficient (Wildman–Crippen LogP) is 3.91. The Labute approximate surface area is 116 Å². The third-order valence-corrected chi connectivity index (χ3v) is 8.47. The minimum absolute atomic E-state index is 0.855. The van der Waals surface area contributed by atoms with Gasteiger partial charge in [-0.05, 0) is 37.9 Å². The maximum absolute atomic E-state index is 6.47. The second-order valence-corrected chi connectivity index (χ2v) is 10.5. The van der Waals surface area contributed by atoms with Gasteiger partial charge in [0.25, 0.3) is 0 Å². The third-order valence-electron chi connectivity index (χ3n) is 3.64. The van der Waals surface area contributed by atoms with E-state index in [1.54, 1.807) is 0 Å². The fraction of sp³-hybridized carbons (Fsp3) is 0.143. The van der Waals surface area contributed by atoms with E-state index in [4.69, 9.17) is 11.6 Å². The Hall–Kier alpha value is -0.573. The fourth-order valence-electron chi connectivity index (χ4n) is 2.73. The molecule has 0 radical (unpaired) electrons. The highest BCUT2D eigenvalue weighted by molar-refractivity contribution is 9.10. The highest BCUT2D eigenvalue weighted by Crippen LogP contribution is 2.37. The van der Waals surface area contributed by atoms with Crippen LogP contribution in [0.5, 0.6) is 0 Å². The Morgan fingerprint density at radius 3 is 2.47 bits per heavy atom. The molecule has 1 heterocycles. The van der Waals surface area contributed by atoms with E-state index in [2.05, 4.69) is 65.4 Å². The summed E-state index contributed by atoms with van der Waals surface area (Å²) in [5, 5.41) is 3.80. The van der Waals surface area contributed by atoms with E-state index in [1.807, 2.05) is 0 Å². The Morgan fingerprint density at radius 1 is 1.00 bits per heavy atom. The molecule has 0 saturated heterocycles. The summed E-state index contributed by atoms with van der Waals surface area (Å²) < 4.78 is 0.986. The molecule has 0 fully saturated rings. The maximum Gasteiger partial charge on any atom is 0.113 e. The van der Waals surface area contributed by atoms with Gasteiger partial charge in [-0.3, -0.25) is 0 Å². The van der Waals surface area contributed by atoms with Crippen molar-refractivity contribution in [2.75, 3.05) is 0 Å². The normalized spacial score (nSPS) is 15.5. The van der Waals surface area contributed by atoms with Gasteiger partial charge in [0.2, 0.25) is 0 Å². The van der Waals surface area contributed by atoms with E-state index < -0.39 is 8.07 Å². The largest absolute Gasteiger partial charge is 0.113 e. The number of halogens is 2. The average Bonchev–Trinajstić information content (AvgIpc) is 2.54. The van der Waals surface area contributed by atoms with Gasteiger partial charge in [0, 0.05) is 10.0 Å². The molecule has 0 N–H and O–H groups in total. The number of rotatable bonds is 0. The summed E-state index contributed by atoms with van der Waals surface area (Å²) >= 11 is 9.99. The van der Waals surface area contributed by atoms with Crippen molar-refractivity contribution in [3.8, 4) is 11.1 Å². The molecule has 3 heteroatoms.